The molecule has 0 saturated carbocycles. The summed E-state index contributed by atoms with van der Waals surface area (Å²) in [6.07, 6.45) is 3.26. The van der Waals surface area contributed by atoms with Gasteiger partial charge in [-0.3, -0.25) is 4.79 Å². The maximum absolute atomic E-state index is 11.1. The molecule has 0 fully saturated rings. The van der Waals surface area contributed by atoms with Crippen molar-refractivity contribution in [2.24, 2.45) is 12.5 Å². The quantitative estimate of drug-likeness (QED) is 0.900. The second-order valence-corrected chi connectivity index (χ2v) is 5.82. The minimum absolute atomic E-state index is 0.0423. The van der Waals surface area contributed by atoms with Gasteiger partial charge < -0.3 is 9.67 Å². The highest BCUT2D eigenvalue weighted by atomic mass is 16.4. The molecule has 0 saturated heterocycles. The average molecular weight is 278 g/mol. The minimum Gasteiger partial charge on any atom is -0.481 e. The summed E-state index contributed by atoms with van der Waals surface area (Å²) in [5, 5.41) is 20.8. The van der Waals surface area contributed by atoms with E-state index in [1.54, 1.807) is 21.8 Å². The Hall–Kier alpha value is -2.25. The third-order valence-corrected chi connectivity index (χ3v) is 3.20. The lowest BCUT2D eigenvalue weighted by Gasteiger charge is -2.29. The Morgan fingerprint density at radius 3 is 2.65 bits per heavy atom. The number of aryl methyl sites for hydroxylation is 1. The van der Waals surface area contributed by atoms with Crippen LogP contribution in [0, 0.1) is 5.41 Å². The number of nitrogens with zero attached hydrogens (tertiary/aromatic N) is 6. The van der Waals surface area contributed by atoms with Crippen molar-refractivity contribution >= 4 is 5.97 Å². The van der Waals surface area contributed by atoms with Crippen LogP contribution in [-0.4, -0.2) is 40.8 Å². The van der Waals surface area contributed by atoms with E-state index in [1.807, 2.05) is 27.8 Å². The van der Waals surface area contributed by atoms with Gasteiger partial charge in [-0.15, -0.1) is 5.10 Å². The van der Waals surface area contributed by atoms with Gasteiger partial charge in [-0.05, 0) is 15.8 Å². The van der Waals surface area contributed by atoms with E-state index >= 15 is 0 Å². The van der Waals surface area contributed by atoms with Crippen LogP contribution in [0.1, 0.15) is 33.2 Å². The lowest BCUT2D eigenvalue weighted by atomic mass is 9.85. The van der Waals surface area contributed by atoms with E-state index in [-0.39, 0.29) is 17.9 Å². The van der Waals surface area contributed by atoms with E-state index in [2.05, 4.69) is 20.5 Å². The molecule has 0 aliphatic rings. The third-order valence-electron chi connectivity index (χ3n) is 3.20. The second-order valence-electron chi connectivity index (χ2n) is 5.82. The zero-order valence-electron chi connectivity index (χ0n) is 12.0. The molecule has 1 N–H and O–H groups in total. The molecular formula is C12H18N6O2. The number of aromatic nitrogens is 6. The third kappa shape index (κ3) is 2.68. The van der Waals surface area contributed by atoms with E-state index < -0.39 is 5.97 Å². The molecule has 1 atom stereocenters. The molecule has 2 aromatic heterocycles. The standard InChI is InChI=1S/C12H18N6O2/c1-12(2,3)9(5-10(19)20)18-11(14-15-16-18)8-6-13-7-17(8)4/h6-7,9H,5H2,1-4H3,(H,19,20). The highest BCUT2D eigenvalue weighted by Gasteiger charge is 2.32. The first-order valence-electron chi connectivity index (χ1n) is 6.27. The van der Waals surface area contributed by atoms with E-state index in [1.165, 1.54) is 0 Å². The van der Waals surface area contributed by atoms with Crippen LogP contribution in [-0.2, 0) is 11.8 Å². The van der Waals surface area contributed by atoms with E-state index in [0.717, 1.165) is 5.69 Å². The number of carboxylic acids is 1. The molecule has 0 aromatic carbocycles. The van der Waals surface area contributed by atoms with Crippen molar-refractivity contribution in [3.8, 4) is 11.5 Å². The van der Waals surface area contributed by atoms with E-state index in [9.17, 15) is 4.79 Å². The molecule has 2 rings (SSSR count). The molecule has 0 aliphatic heterocycles. The van der Waals surface area contributed by atoms with Crippen LogP contribution in [0.5, 0.6) is 0 Å². The van der Waals surface area contributed by atoms with Crippen molar-refractivity contribution in [3.63, 3.8) is 0 Å². The molecule has 0 amide bonds. The van der Waals surface area contributed by atoms with Crippen molar-refractivity contribution < 1.29 is 9.90 Å². The summed E-state index contributed by atoms with van der Waals surface area (Å²) in [5.74, 6) is -0.359. The van der Waals surface area contributed by atoms with Crippen LogP contribution < -0.4 is 0 Å². The summed E-state index contributed by atoms with van der Waals surface area (Å²) in [7, 11) is 1.84. The largest absolute Gasteiger partial charge is 0.481 e. The van der Waals surface area contributed by atoms with Crippen LogP contribution in [0.4, 0.5) is 0 Å². The van der Waals surface area contributed by atoms with Crippen molar-refractivity contribution in [2.75, 3.05) is 0 Å². The summed E-state index contributed by atoms with van der Waals surface area (Å²) in [4.78, 5) is 15.2. The molecule has 0 radical (unpaired) electrons. The predicted octanol–water partition coefficient (Wildman–Crippen LogP) is 1.14. The van der Waals surface area contributed by atoms with Crippen molar-refractivity contribution in [1.82, 2.24) is 29.8 Å². The molecule has 8 nitrogen and oxygen atoms in total. The van der Waals surface area contributed by atoms with Gasteiger partial charge in [0.15, 0.2) is 0 Å². The van der Waals surface area contributed by atoms with Crippen LogP contribution in [0.15, 0.2) is 12.5 Å². The lowest BCUT2D eigenvalue weighted by Crippen LogP contribution is -2.28. The Labute approximate surface area is 116 Å². The summed E-state index contributed by atoms with van der Waals surface area (Å²) in [5.41, 5.74) is 0.454. The SMILES string of the molecule is Cn1cncc1-c1nnnn1C(CC(=O)O)C(C)(C)C. The highest BCUT2D eigenvalue weighted by molar-refractivity contribution is 5.67. The fourth-order valence-corrected chi connectivity index (χ4v) is 2.07. The Kier molecular flexibility index (Phi) is 3.56. The maximum atomic E-state index is 11.1. The zero-order chi connectivity index (χ0) is 14.9. The molecule has 1 unspecified atom stereocenters. The fraction of sp³-hybridized carbons (Fsp3) is 0.583. The fourth-order valence-electron chi connectivity index (χ4n) is 2.07. The summed E-state index contributed by atoms with van der Waals surface area (Å²) in [6, 6.07) is -0.347. The lowest BCUT2D eigenvalue weighted by molar-refractivity contribution is -0.138. The molecule has 8 heteroatoms. The first kappa shape index (κ1) is 14.2. The first-order valence-corrected chi connectivity index (χ1v) is 6.27. The van der Waals surface area contributed by atoms with Crippen molar-refractivity contribution in [3.05, 3.63) is 12.5 Å². The average Bonchev–Trinajstić information content (AvgIpc) is 2.92. The Bertz CT molecular complexity index is 609. The van der Waals surface area contributed by atoms with E-state index in [0.29, 0.717) is 5.82 Å². The molecule has 2 aromatic rings. The molecular weight excluding hydrogens is 260 g/mol. The zero-order valence-corrected chi connectivity index (χ0v) is 12.0. The summed E-state index contributed by atoms with van der Waals surface area (Å²) in [6.45, 7) is 5.90. The number of rotatable bonds is 4. The van der Waals surface area contributed by atoms with Gasteiger partial charge in [0.05, 0.1) is 25.0 Å². The molecule has 0 bridgehead atoms. The molecule has 0 aliphatic carbocycles. The topological polar surface area (TPSA) is 98.7 Å². The summed E-state index contributed by atoms with van der Waals surface area (Å²) < 4.78 is 3.37. The van der Waals surface area contributed by atoms with Crippen molar-refractivity contribution in [1.29, 1.82) is 0 Å². The predicted molar refractivity (Wildman–Crippen MR) is 70.8 cm³/mol. The van der Waals surface area contributed by atoms with Gasteiger partial charge in [-0.2, -0.15) is 0 Å². The van der Waals surface area contributed by atoms with Gasteiger partial charge in [0, 0.05) is 7.05 Å². The smallest absolute Gasteiger partial charge is 0.305 e. The van der Waals surface area contributed by atoms with Gasteiger partial charge in [0.2, 0.25) is 5.82 Å². The first-order chi connectivity index (χ1) is 9.30. The van der Waals surface area contributed by atoms with Crippen LogP contribution in [0.2, 0.25) is 0 Å². The Morgan fingerprint density at radius 1 is 1.45 bits per heavy atom. The number of aliphatic carboxylic acids is 1. The number of tetrazole rings is 1. The number of carbonyl (C=O) groups is 1. The minimum atomic E-state index is -0.878. The van der Waals surface area contributed by atoms with Gasteiger partial charge in [-0.25, -0.2) is 9.67 Å². The molecule has 20 heavy (non-hydrogen) atoms. The van der Waals surface area contributed by atoms with Gasteiger partial charge in [-0.1, -0.05) is 20.8 Å². The molecule has 108 valence electrons. The number of hydrogen-bond donors (Lipinski definition) is 1. The second kappa shape index (κ2) is 5.03. The van der Waals surface area contributed by atoms with Crippen molar-refractivity contribution in [2.45, 2.75) is 33.2 Å². The number of imidazole rings is 1. The van der Waals surface area contributed by atoms with Gasteiger partial charge in [0.1, 0.15) is 5.69 Å². The molecule has 0 spiro atoms. The maximum Gasteiger partial charge on any atom is 0.305 e. The normalized spacial score (nSPS) is 13.4. The van der Waals surface area contributed by atoms with Crippen LogP contribution >= 0.6 is 0 Å². The number of hydrogen-bond acceptors (Lipinski definition) is 5. The number of carboxylic acid groups (broad SMARTS) is 1. The Morgan fingerprint density at radius 2 is 2.15 bits per heavy atom. The molecule has 2 heterocycles. The van der Waals surface area contributed by atoms with Crippen LogP contribution in [0.25, 0.3) is 11.5 Å². The van der Waals surface area contributed by atoms with E-state index in [4.69, 9.17) is 5.11 Å². The Balaban J connectivity index is 2.48. The van der Waals surface area contributed by atoms with Crippen LogP contribution in [0.3, 0.4) is 0 Å². The monoisotopic (exact) mass is 278 g/mol. The summed E-state index contributed by atoms with van der Waals surface area (Å²) >= 11 is 0. The highest BCUT2D eigenvalue weighted by Crippen LogP contribution is 2.34. The van der Waals surface area contributed by atoms with Gasteiger partial charge >= 0.3 is 5.97 Å². The van der Waals surface area contributed by atoms with Gasteiger partial charge in [0.25, 0.3) is 0 Å².